The SMILES string of the molecule is O=C(Cc1cccc(F)c1)N1CCC(c2n[nH]c(=O)n2-c2ccccc2)CC1. The van der Waals surface area contributed by atoms with Crippen molar-refractivity contribution in [2.75, 3.05) is 13.1 Å². The van der Waals surface area contributed by atoms with Gasteiger partial charge in [0.2, 0.25) is 5.91 Å². The van der Waals surface area contributed by atoms with Crippen LogP contribution in [0.5, 0.6) is 0 Å². The average molecular weight is 380 g/mol. The van der Waals surface area contributed by atoms with E-state index in [1.807, 2.05) is 30.3 Å². The number of aromatic amines is 1. The van der Waals surface area contributed by atoms with E-state index in [1.165, 1.54) is 12.1 Å². The molecule has 1 N–H and O–H groups in total. The molecule has 0 bridgehead atoms. The Hall–Kier alpha value is -3.22. The number of likely N-dealkylation sites (tertiary alicyclic amines) is 1. The van der Waals surface area contributed by atoms with Gasteiger partial charge >= 0.3 is 5.69 Å². The van der Waals surface area contributed by atoms with E-state index in [2.05, 4.69) is 10.2 Å². The summed E-state index contributed by atoms with van der Waals surface area (Å²) in [6.45, 7) is 1.18. The van der Waals surface area contributed by atoms with Gasteiger partial charge in [-0.05, 0) is 42.7 Å². The van der Waals surface area contributed by atoms with E-state index in [1.54, 1.807) is 21.6 Å². The minimum absolute atomic E-state index is 0.00784. The van der Waals surface area contributed by atoms with Gasteiger partial charge in [-0.2, -0.15) is 5.10 Å². The molecule has 144 valence electrons. The Morgan fingerprint density at radius 2 is 1.86 bits per heavy atom. The number of para-hydroxylation sites is 1. The van der Waals surface area contributed by atoms with Crippen LogP contribution in [0.3, 0.4) is 0 Å². The first-order valence-corrected chi connectivity index (χ1v) is 9.37. The van der Waals surface area contributed by atoms with Crippen LogP contribution in [0, 0.1) is 5.82 Å². The molecule has 0 spiro atoms. The van der Waals surface area contributed by atoms with E-state index in [-0.39, 0.29) is 29.8 Å². The van der Waals surface area contributed by atoms with E-state index in [9.17, 15) is 14.0 Å². The third kappa shape index (κ3) is 3.74. The molecule has 0 atom stereocenters. The number of amides is 1. The molecule has 7 heteroatoms. The lowest BCUT2D eigenvalue weighted by atomic mass is 9.95. The number of carbonyl (C=O) groups is 1. The van der Waals surface area contributed by atoms with E-state index >= 15 is 0 Å². The van der Waals surface area contributed by atoms with Gasteiger partial charge in [0.05, 0.1) is 12.1 Å². The van der Waals surface area contributed by atoms with Gasteiger partial charge in [0.15, 0.2) is 0 Å². The highest BCUT2D eigenvalue weighted by atomic mass is 19.1. The molecule has 1 fully saturated rings. The molecule has 0 radical (unpaired) electrons. The van der Waals surface area contributed by atoms with Crippen LogP contribution >= 0.6 is 0 Å². The number of benzene rings is 2. The third-order valence-electron chi connectivity index (χ3n) is 5.17. The van der Waals surface area contributed by atoms with Crippen LogP contribution in [0.1, 0.15) is 30.1 Å². The smallest absolute Gasteiger partial charge is 0.342 e. The summed E-state index contributed by atoms with van der Waals surface area (Å²) in [4.78, 5) is 26.6. The van der Waals surface area contributed by atoms with Crippen molar-refractivity contribution in [1.29, 1.82) is 0 Å². The van der Waals surface area contributed by atoms with Gasteiger partial charge in [-0.1, -0.05) is 30.3 Å². The van der Waals surface area contributed by atoms with Crippen molar-refractivity contribution < 1.29 is 9.18 Å². The Labute approximate surface area is 161 Å². The summed E-state index contributed by atoms with van der Waals surface area (Å²) in [5.41, 5.74) is 1.20. The number of aromatic nitrogens is 3. The van der Waals surface area contributed by atoms with Gasteiger partial charge in [-0.15, -0.1) is 0 Å². The number of carbonyl (C=O) groups excluding carboxylic acids is 1. The maximum atomic E-state index is 13.3. The molecule has 4 rings (SSSR count). The van der Waals surface area contributed by atoms with E-state index in [4.69, 9.17) is 0 Å². The number of piperidine rings is 1. The lowest BCUT2D eigenvalue weighted by Crippen LogP contribution is -2.39. The molecule has 6 nitrogen and oxygen atoms in total. The summed E-state index contributed by atoms with van der Waals surface area (Å²) >= 11 is 0. The highest BCUT2D eigenvalue weighted by Gasteiger charge is 2.28. The van der Waals surface area contributed by atoms with Crippen LogP contribution in [-0.4, -0.2) is 38.7 Å². The summed E-state index contributed by atoms with van der Waals surface area (Å²) in [5, 5.41) is 6.79. The maximum absolute atomic E-state index is 13.3. The monoisotopic (exact) mass is 380 g/mol. The maximum Gasteiger partial charge on any atom is 0.347 e. The lowest BCUT2D eigenvalue weighted by molar-refractivity contribution is -0.131. The van der Waals surface area contributed by atoms with Crippen LogP contribution in [0.25, 0.3) is 5.69 Å². The minimum Gasteiger partial charge on any atom is -0.342 e. The molecule has 0 aliphatic carbocycles. The first-order valence-electron chi connectivity index (χ1n) is 9.37. The standard InChI is InChI=1S/C21H21FN4O2/c22-17-6-4-5-15(13-17)14-19(27)25-11-9-16(10-12-25)20-23-24-21(28)26(20)18-7-2-1-3-8-18/h1-8,13,16H,9-12,14H2,(H,24,28). The number of hydrogen-bond acceptors (Lipinski definition) is 3. The predicted octanol–water partition coefficient (Wildman–Crippen LogP) is 2.65. The fourth-order valence-electron chi connectivity index (χ4n) is 3.73. The second-order valence-corrected chi connectivity index (χ2v) is 7.02. The first kappa shape index (κ1) is 18.2. The Balaban J connectivity index is 1.44. The van der Waals surface area contributed by atoms with Crippen LogP contribution in [-0.2, 0) is 11.2 Å². The molecule has 2 heterocycles. The van der Waals surface area contributed by atoms with Crippen molar-refractivity contribution in [3.63, 3.8) is 0 Å². The highest BCUT2D eigenvalue weighted by Crippen LogP contribution is 2.27. The van der Waals surface area contributed by atoms with E-state index in [0.29, 0.717) is 24.5 Å². The fourth-order valence-corrected chi connectivity index (χ4v) is 3.73. The average Bonchev–Trinajstić information content (AvgIpc) is 3.10. The molecule has 1 saturated heterocycles. The highest BCUT2D eigenvalue weighted by molar-refractivity contribution is 5.78. The molecule has 2 aromatic carbocycles. The second-order valence-electron chi connectivity index (χ2n) is 7.02. The Kier molecular flexibility index (Phi) is 5.06. The molecule has 0 saturated carbocycles. The molecule has 1 aliphatic heterocycles. The molecular formula is C21H21FN4O2. The summed E-state index contributed by atoms with van der Waals surface area (Å²) in [5.74, 6) is 0.457. The van der Waals surface area contributed by atoms with Gasteiger partial charge in [0.1, 0.15) is 11.6 Å². The zero-order valence-corrected chi connectivity index (χ0v) is 15.3. The summed E-state index contributed by atoms with van der Waals surface area (Å²) in [6.07, 6.45) is 1.65. The number of nitrogens with zero attached hydrogens (tertiary/aromatic N) is 3. The molecule has 3 aromatic rings. The molecule has 1 aliphatic rings. The quantitative estimate of drug-likeness (QED) is 0.756. The molecule has 1 aromatic heterocycles. The van der Waals surface area contributed by atoms with E-state index < -0.39 is 0 Å². The Bertz CT molecular complexity index is 1020. The predicted molar refractivity (Wildman–Crippen MR) is 103 cm³/mol. The van der Waals surface area contributed by atoms with Crippen molar-refractivity contribution in [3.05, 3.63) is 82.3 Å². The van der Waals surface area contributed by atoms with Crippen molar-refractivity contribution in [1.82, 2.24) is 19.7 Å². The molecule has 0 unspecified atom stereocenters. The Morgan fingerprint density at radius 3 is 2.57 bits per heavy atom. The van der Waals surface area contributed by atoms with Crippen molar-refractivity contribution in [2.24, 2.45) is 0 Å². The molecular weight excluding hydrogens is 359 g/mol. The largest absolute Gasteiger partial charge is 0.347 e. The summed E-state index contributed by atoms with van der Waals surface area (Å²) in [7, 11) is 0. The van der Waals surface area contributed by atoms with E-state index in [0.717, 1.165) is 18.5 Å². The second kappa shape index (κ2) is 7.80. The van der Waals surface area contributed by atoms with Gasteiger partial charge in [-0.25, -0.2) is 18.9 Å². The lowest BCUT2D eigenvalue weighted by Gasteiger charge is -2.31. The van der Waals surface area contributed by atoms with Gasteiger partial charge in [0.25, 0.3) is 0 Å². The van der Waals surface area contributed by atoms with Crippen molar-refractivity contribution in [2.45, 2.75) is 25.2 Å². The number of nitrogens with one attached hydrogen (secondary N) is 1. The summed E-state index contributed by atoms with van der Waals surface area (Å²) in [6, 6.07) is 15.6. The fraction of sp³-hybridized carbons (Fsp3) is 0.286. The summed E-state index contributed by atoms with van der Waals surface area (Å²) < 4.78 is 14.9. The third-order valence-corrected chi connectivity index (χ3v) is 5.17. The minimum atomic E-state index is -0.332. The van der Waals surface area contributed by atoms with Gasteiger partial charge in [-0.3, -0.25) is 4.79 Å². The molecule has 1 amide bonds. The van der Waals surface area contributed by atoms with Crippen molar-refractivity contribution in [3.8, 4) is 5.69 Å². The van der Waals surface area contributed by atoms with Crippen LogP contribution < -0.4 is 5.69 Å². The normalized spacial score (nSPS) is 15.0. The van der Waals surface area contributed by atoms with Gasteiger partial charge in [0, 0.05) is 19.0 Å². The van der Waals surface area contributed by atoms with Crippen LogP contribution in [0.2, 0.25) is 0 Å². The van der Waals surface area contributed by atoms with Gasteiger partial charge < -0.3 is 4.90 Å². The Morgan fingerprint density at radius 1 is 1.11 bits per heavy atom. The first-order chi connectivity index (χ1) is 13.6. The number of hydrogen-bond donors (Lipinski definition) is 1. The molecule has 28 heavy (non-hydrogen) atoms. The number of rotatable bonds is 4. The zero-order valence-electron chi connectivity index (χ0n) is 15.3. The topological polar surface area (TPSA) is 71.0 Å². The number of halogens is 1. The van der Waals surface area contributed by atoms with Crippen molar-refractivity contribution >= 4 is 5.91 Å². The number of H-pyrrole nitrogens is 1. The zero-order chi connectivity index (χ0) is 19.5. The van der Waals surface area contributed by atoms with Crippen LogP contribution in [0.15, 0.2) is 59.4 Å². The van der Waals surface area contributed by atoms with Crippen LogP contribution in [0.4, 0.5) is 4.39 Å².